The summed E-state index contributed by atoms with van der Waals surface area (Å²) < 4.78 is 63.6. The smallest absolute Gasteiger partial charge is 0.307 e. The number of hydrogen-bond acceptors (Lipinski definition) is 4. The van der Waals surface area contributed by atoms with Gasteiger partial charge in [0.05, 0.1) is 12.3 Å². The minimum absolute atomic E-state index is 0.0573. The number of amides is 2. The fraction of sp³-hybridized carbons (Fsp3) is 0.632. The minimum Gasteiger partial charge on any atom is -0.307 e. The number of carbonyl (C=O) groups is 1. The first-order valence-corrected chi connectivity index (χ1v) is 11.5. The number of sulfonamides is 1. The van der Waals surface area contributed by atoms with Gasteiger partial charge in [-0.2, -0.15) is 13.2 Å². The van der Waals surface area contributed by atoms with Crippen molar-refractivity contribution in [3.05, 3.63) is 28.3 Å². The molecule has 2 N–H and O–H groups in total. The normalized spacial score (nSPS) is 19.6. The summed E-state index contributed by atoms with van der Waals surface area (Å²) in [4.78, 5) is 13.6. The van der Waals surface area contributed by atoms with Crippen LogP contribution in [-0.2, 0) is 35.7 Å². The molecule has 10 heteroatoms. The highest BCUT2D eigenvalue weighted by molar-refractivity contribution is 7.90. The average molecular weight is 431 g/mol. The third kappa shape index (κ3) is 4.69. The van der Waals surface area contributed by atoms with E-state index in [9.17, 15) is 26.4 Å². The predicted octanol–water partition coefficient (Wildman–Crippen LogP) is 2.61. The molecule has 160 valence electrons. The second-order valence-electron chi connectivity index (χ2n) is 8.25. The summed E-state index contributed by atoms with van der Waals surface area (Å²) in [5.74, 6) is -0.771. The molecule has 2 aliphatic carbocycles. The molecule has 0 bridgehead atoms. The maximum absolute atomic E-state index is 12.4. The van der Waals surface area contributed by atoms with Crippen LogP contribution in [0.3, 0.4) is 0 Å². The standard InChI is InChI=1S/C19H24F3N3O3S/c20-19(21,22)11-25-8-12(9-25)10-29(27,28)24-18(26)23-17-15-5-1-3-13(15)7-14-4-2-6-16(14)17/h7,12H,1-6,8-11H2,(H2,23,24,26). The molecule has 0 atom stereocenters. The van der Waals surface area contributed by atoms with E-state index in [1.54, 1.807) is 0 Å². The van der Waals surface area contributed by atoms with Gasteiger partial charge in [0.15, 0.2) is 0 Å². The maximum Gasteiger partial charge on any atom is 0.401 e. The molecule has 0 saturated carbocycles. The molecule has 0 spiro atoms. The van der Waals surface area contributed by atoms with Crippen molar-refractivity contribution in [3.63, 3.8) is 0 Å². The number of fused-ring (bicyclic) bond motifs is 2. The van der Waals surface area contributed by atoms with E-state index < -0.39 is 34.7 Å². The highest BCUT2D eigenvalue weighted by atomic mass is 32.2. The van der Waals surface area contributed by atoms with Crippen molar-refractivity contribution in [2.75, 3.05) is 30.7 Å². The van der Waals surface area contributed by atoms with Gasteiger partial charge in [-0.1, -0.05) is 6.07 Å². The SMILES string of the molecule is O=C(Nc1c2c(cc3c1CCC3)CCC2)NS(=O)(=O)CC1CN(CC(F)(F)F)C1. The summed E-state index contributed by atoms with van der Waals surface area (Å²) in [7, 11) is -3.93. The zero-order valence-corrected chi connectivity index (χ0v) is 16.8. The van der Waals surface area contributed by atoms with Gasteiger partial charge in [0, 0.05) is 24.7 Å². The van der Waals surface area contributed by atoms with Crippen LogP contribution in [0.2, 0.25) is 0 Å². The lowest BCUT2D eigenvalue weighted by atomic mass is 9.99. The molecule has 29 heavy (non-hydrogen) atoms. The molecule has 2 amide bonds. The molecular weight excluding hydrogens is 407 g/mol. The van der Waals surface area contributed by atoms with Crippen molar-refractivity contribution in [1.82, 2.24) is 9.62 Å². The van der Waals surface area contributed by atoms with Gasteiger partial charge in [-0.15, -0.1) is 0 Å². The van der Waals surface area contributed by atoms with Gasteiger partial charge in [-0.05, 0) is 60.8 Å². The highest BCUT2D eigenvalue weighted by Crippen LogP contribution is 2.38. The molecule has 0 unspecified atom stereocenters. The zero-order chi connectivity index (χ0) is 20.8. The van der Waals surface area contributed by atoms with Crippen LogP contribution in [0.1, 0.15) is 35.1 Å². The lowest BCUT2D eigenvalue weighted by Crippen LogP contribution is -2.53. The van der Waals surface area contributed by atoms with E-state index in [1.807, 2.05) is 4.72 Å². The van der Waals surface area contributed by atoms with Crippen molar-refractivity contribution >= 4 is 21.7 Å². The molecular formula is C19H24F3N3O3S. The van der Waals surface area contributed by atoms with E-state index in [4.69, 9.17) is 0 Å². The van der Waals surface area contributed by atoms with Crippen LogP contribution in [0.4, 0.5) is 23.7 Å². The van der Waals surface area contributed by atoms with Crippen LogP contribution < -0.4 is 10.0 Å². The highest BCUT2D eigenvalue weighted by Gasteiger charge is 2.38. The van der Waals surface area contributed by atoms with E-state index in [0.717, 1.165) is 60.2 Å². The van der Waals surface area contributed by atoms with E-state index in [0.29, 0.717) is 0 Å². The number of nitrogens with one attached hydrogen (secondary N) is 2. The fourth-order valence-electron chi connectivity index (χ4n) is 4.76. The zero-order valence-electron chi connectivity index (χ0n) is 15.9. The number of likely N-dealkylation sites (tertiary alicyclic amines) is 1. The lowest BCUT2D eigenvalue weighted by Gasteiger charge is -2.39. The lowest BCUT2D eigenvalue weighted by molar-refractivity contribution is -0.157. The van der Waals surface area contributed by atoms with Crippen LogP contribution in [0.15, 0.2) is 6.07 Å². The predicted molar refractivity (Wildman–Crippen MR) is 102 cm³/mol. The summed E-state index contributed by atoms with van der Waals surface area (Å²) in [6.45, 7) is -0.925. The summed E-state index contributed by atoms with van der Waals surface area (Å²) in [5, 5.41) is 2.76. The van der Waals surface area contributed by atoms with Crippen molar-refractivity contribution < 1.29 is 26.4 Å². The van der Waals surface area contributed by atoms with Gasteiger partial charge < -0.3 is 5.32 Å². The number of rotatable bonds is 5. The van der Waals surface area contributed by atoms with Crippen LogP contribution in [0.25, 0.3) is 0 Å². The van der Waals surface area contributed by atoms with E-state index in [2.05, 4.69) is 11.4 Å². The van der Waals surface area contributed by atoms with E-state index in [1.165, 1.54) is 11.1 Å². The van der Waals surface area contributed by atoms with Gasteiger partial charge in [0.2, 0.25) is 10.0 Å². The Labute approximate surface area is 167 Å². The summed E-state index contributed by atoms with van der Waals surface area (Å²) in [6, 6.07) is 1.42. The Kier molecular flexibility index (Phi) is 5.27. The Morgan fingerprint density at radius 2 is 1.66 bits per heavy atom. The Balaban J connectivity index is 1.36. The number of alkyl halides is 3. The molecule has 1 fully saturated rings. The van der Waals surface area contributed by atoms with Gasteiger partial charge in [-0.25, -0.2) is 17.9 Å². The minimum atomic E-state index is -4.29. The van der Waals surface area contributed by atoms with Crippen LogP contribution in [0, 0.1) is 5.92 Å². The van der Waals surface area contributed by atoms with Crippen LogP contribution >= 0.6 is 0 Å². The third-order valence-electron chi connectivity index (χ3n) is 5.85. The largest absolute Gasteiger partial charge is 0.401 e. The number of benzene rings is 1. The van der Waals surface area contributed by atoms with E-state index >= 15 is 0 Å². The Morgan fingerprint density at radius 3 is 2.21 bits per heavy atom. The topological polar surface area (TPSA) is 78.5 Å². The number of urea groups is 1. The van der Waals surface area contributed by atoms with Gasteiger partial charge in [0.1, 0.15) is 0 Å². The summed E-state index contributed by atoms with van der Waals surface area (Å²) in [6.07, 6.45) is 1.40. The molecule has 1 aromatic carbocycles. The Bertz CT molecular complexity index is 893. The molecule has 3 aliphatic rings. The summed E-state index contributed by atoms with van der Waals surface area (Å²) >= 11 is 0. The summed E-state index contributed by atoms with van der Waals surface area (Å²) in [5.41, 5.74) is 5.39. The number of hydrogen-bond donors (Lipinski definition) is 2. The van der Waals surface area contributed by atoms with Crippen LogP contribution in [0.5, 0.6) is 0 Å². The van der Waals surface area contributed by atoms with Crippen LogP contribution in [-0.4, -0.2) is 50.9 Å². The molecule has 1 heterocycles. The number of aryl methyl sites for hydroxylation is 2. The first kappa shape index (κ1) is 20.5. The molecule has 4 rings (SSSR count). The second-order valence-corrected chi connectivity index (χ2v) is 10.0. The first-order valence-electron chi connectivity index (χ1n) is 9.87. The van der Waals surface area contributed by atoms with Gasteiger partial charge in [0.25, 0.3) is 0 Å². The van der Waals surface area contributed by atoms with Crippen molar-refractivity contribution in [3.8, 4) is 0 Å². The monoisotopic (exact) mass is 431 g/mol. The van der Waals surface area contributed by atoms with Gasteiger partial charge >= 0.3 is 12.2 Å². The molecule has 1 saturated heterocycles. The number of carbonyl (C=O) groups excluding carboxylic acids is 1. The molecule has 0 radical (unpaired) electrons. The van der Waals surface area contributed by atoms with Crippen molar-refractivity contribution in [2.24, 2.45) is 5.92 Å². The Morgan fingerprint density at radius 1 is 1.07 bits per heavy atom. The van der Waals surface area contributed by atoms with E-state index in [-0.39, 0.29) is 18.8 Å². The molecule has 6 nitrogen and oxygen atoms in total. The average Bonchev–Trinajstić information content (AvgIpc) is 3.19. The quantitative estimate of drug-likeness (QED) is 0.751. The Hall–Kier alpha value is -1.81. The number of halogens is 3. The maximum atomic E-state index is 12.4. The fourth-order valence-corrected chi connectivity index (χ4v) is 6.01. The van der Waals surface area contributed by atoms with Crippen molar-refractivity contribution in [1.29, 1.82) is 0 Å². The first-order chi connectivity index (χ1) is 13.6. The van der Waals surface area contributed by atoms with Crippen molar-refractivity contribution in [2.45, 2.75) is 44.7 Å². The van der Waals surface area contributed by atoms with Gasteiger partial charge in [-0.3, -0.25) is 4.90 Å². The number of anilines is 1. The number of nitrogens with zero attached hydrogens (tertiary/aromatic N) is 1. The molecule has 1 aromatic rings. The molecule has 0 aromatic heterocycles. The second kappa shape index (κ2) is 7.46. The third-order valence-corrected chi connectivity index (χ3v) is 7.26. The molecule has 1 aliphatic heterocycles.